The van der Waals surface area contributed by atoms with E-state index in [1.807, 2.05) is 0 Å². The van der Waals surface area contributed by atoms with E-state index in [0.29, 0.717) is 6.10 Å². The molecule has 1 unspecified atom stereocenters. The zero-order valence-electron chi connectivity index (χ0n) is 7.42. The molecule has 0 saturated carbocycles. The molecular formula is C7H16O3Si. The van der Waals surface area contributed by atoms with Crippen LogP contribution in [-0.2, 0) is 13.9 Å². The van der Waals surface area contributed by atoms with Crippen LogP contribution in [0.5, 0.6) is 0 Å². The highest BCUT2D eigenvalue weighted by Crippen LogP contribution is 2.10. The molecule has 0 aromatic carbocycles. The predicted molar refractivity (Wildman–Crippen MR) is 45.1 cm³/mol. The van der Waals surface area contributed by atoms with E-state index in [-0.39, 0.29) is 0 Å². The van der Waals surface area contributed by atoms with Crippen molar-refractivity contribution in [1.82, 2.24) is 0 Å². The first-order valence-corrected chi connectivity index (χ1v) is 7.00. The van der Waals surface area contributed by atoms with Crippen molar-refractivity contribution in [3.8, 4) is 0 Å². The van der Waals surface area contributed by atoms with Gasteiger partial charge in [-0.15, -0.1) is 0 Å². The molecule has 3 nitrogen and oxygen atoms in total. The maximum absolute atomic E-state index is 5.42. The molecule has 0 radical (unpaired) electrons. The van der Waals surface area contributed by atoms with Gasteiger partial charge in [0.1, 0.15) is 6.10 Å². The highest BCUT2D eigenvalue weighted by Gasteiger charge is 2.26. The van der Waals surface area contributed by atoms with Gasteiger partial charge in [0.2, 0.25) is 8.32 Å². The van der Waals surface area contributed by atoms with E-state index >= 15 is 0 Å². The molecule has 0 N–H and O–H groups in total. The third kappa shape index (κ3) is 3.86. The number of hydrogen-bond acceptors (Lipinski definition) is 3. The normalized spacial score (nSPS) is 23.7. The van der Waals surface area contributed by atoms with Crippen LogP contribution in [0.3, 0.4) is 0 Å². The first-order chi connectivity index (χ1) is 5.14. The molecule has 1 aliphatic heterocycles. The van der Waals surface area contributed by atoms with Gasteiger partial charge in [-0.3, -0.25) is 0 Å². The summed E-state index contributed by atoms with van der Waals surface area (Å²) >= 11 is 0. The minimum atomic E-state index is -1.49. The average molecular weight is 176 g/mol. The highest BCUT2D eigenvalue weighted by molar-refractivity contribution is 6.71. The van der Waals surface area contributed by atoms with E-state index in [0.717, 1.165) is 19.4 Å². The Bertz CT molecular complexity index is 123. The maximum Gasteiger partial charge on any atom is 0.211 e. The summed E-state index contributed by atoms with van der Waals surface area (Å²) in [5, 5.41) is 0. The maximum atomic E-state index is 5.42. The summed E-state index contributed by atoms with van der Waals surface area (Å²) in [6.45, 7) is 5.89. The summed E-state index contributed by atoms with van der Waals surface area (Å²) in [6.07, 6.45) is 1.14. The largest absolute Gasteiger partial charge is 0.418 e. The zero-order valence-corrected chi connectivity index (χ0v) is 8.42. The van der Waals surface area contributed by atoms with Gasteiger partial charge in [-0.1, -0.05) is 0 Å². The molecule has 1 saturated heterocycles. The van der Waals surface area contributed by atoms with Gasteiger partial charge in [-0.05, 0) is 13.1 Å². The molecule has 1 aliphatic rings. The van der Waals surface area contributed by atoms with Crippen LogP contribution in [0.2, 0.25) is 13.1 Å². The lowest BCUT2D eigenvalue weighted by Gasteiger charge is -2.19. The minimum Gasteiger partial charge on any atom is -0.418 e. The quantitative estimate of drug-likeness (QED) is 0.458. The Morgan fingerprint density at radius 1 is 1.55 bits per heavy atom. The molecule has 0 bridgehead atoms. The fourth-order valence-corrected chi connectivity index (χ4v) is 1.39. The van der Waals surface area contributed by atoms with Crippen molar-refractivity contribution in [2.75, 3.05) is 26.6 Å². The van der Waals surface area contributed by atoms with E-state index in [1.54, 1.807) is 7.11 Å². The van der Waals surface area contributed by atoms with Crippen molar-refractivity contribution in [2.45, 2.75) is 19.2 Å². The smallest absolute Gasteiger partial charge is 0.211 e. The third-order valence-electron chi connectivity index (χ3n) is 1.71. The Balaban J connectivity index is 1.99. The molecule has 1 heterocycles. The predicted octanol–water partition coefficient (Wildman–Crippen LogP) is 0.792. The SMILES string of the molecule is CO[Si](C)(C)COCC1CO1. The van der Waals surface area contributed by atoms with Crippen LogP contribution >= 0.6 is 0 Å². The van der Waals surface area contributed by atoms with Crippen LogP contribution in [0.25, 0.3) is 0 Å². The second-order valence-corrected chi connectivity index (χ2v) is 7.65. The van der Waals surface area contributed by atoms with Crippen molar-refractivity contribution in [2.24, 2.45) is 0 Å². The Labute approximate surface area is 68.8 Å². The number of hydrogen-bond donors (Lipinski definition) is 0. The van der Waals surface area contributed by atoms with E-state index in [9.17, 15) is 0 Å². The van der Waals surface area contributed by atoms with Crippen molar-refractivity contribution in [1.29, 1.82) is 0 Å². The van der Waals surface area contributed by atoms with Crippen LogP contribution in [0, 0.1) is 0 Å². The fourth-order valence-electron chi connectivity index (χ4n) is 0.659. The minimum absolute atomic E-state index is 0.372. The lowest BCUT2D eigenvalue weighted by atomic mass is 10.5. The first-order valence-electron chi connectivity index (χ1n) is 3.88. The lowest BCUT2D eigenvalue weighted by molar-refractivity contribution is 0.139. The van der Waals surface area contributed by atoms with Gasteiger partial charge < -0.3 is 13.9 Å². The number of epoxide rings is 1. The first kappa shape index (κ1) is 9.19. The molecule has 1 atom stereocenters. The van der Waals surface area contributed by atoms with E-state index in [1.165, 1.54) is 0 Å². The lowest BCUT2D eigenvalue weighted by Crippen LogP contribution is -2.36. The second-order valence-electron chi connectivity index (χ2n) is 3.43. The van der Waals surface area contributed by atoms with Gasteiger partial charge in [-0.25, -0.2) is 0 Å². The molecule has 1 fully saturated rings. The van der Waals surface area contributed by atoms with Gasteiger partial charge in [0.15, 0.2) is 0 Å². The van der Waals surface area contributed by atoms with Gasteiger partial charge in [0.05, 0.1) is 19.4 Å². The molecule has 11 heavy (non-hydrogen) atoms. The van der Waals surface area contributed by atoms with E-state index in [4.69, 9.17) is 13.9 Å². The second kappa shape index (κ2) is 3.67. The molecule has 0 aromatic rings. The summed E-state index contributed by atoms with van der Waals surface area (Å²) < 4.78 is 15.7. The molecule has 0 aliphatic carbocycles. The number of rotatable bonds is 5. The standard InChI is InChI=1S/C7H16O3Si/c1-8-11(2,3)6-9-4-7-5-10-7/h7H,4-6H2,1-3H3. The fraction of sp³-hybridized carbons (Fsp3) is 1.00. The molecule has 0 aromatic heterocycles. The topological polar surface area (TPSA) is 31.0 Å². The zero-order chi connectivity index (χ0) is 8.32. The van der Waals surface area contributed by atoms with Crippen LogP contribution < -0.4 is 0 Å². The van der Waals surface area contributed by atoms with Crippen LogP contribution in [0.4, 0.5) is 0 Å². The molecule has 4 heteroatoms. The van der Waals surface area contributed by atoms with Crippen molar-refractivity contribution in [3.63, 3.8) is 0 Å². The third-order valence-corrected chi connectivity index (χ3v) is 3.71. The van der Waals surface area contributed by atoms with Gasteiger partial charge in [0.25, 0.3) is 0 Å². The van der Waals surface area contributed by atoms with Crippen molar-refractivity contribution < 1.29 is 13.9 Å². The summed E-state index contributed by atoms with van der Waals surface area (Å²) in [5.41, 5.74) is 0. The van der Waals surface area contributed by atoms with Crippen molar-refractivity contribution >= 4 is 8.32 Å². The van der Waals surface area contributed by atoms with Gasteiger partial charge in [-0.2, -0.15) is 0 Å². The van der Waals surface area contributed by atoms with E-state index < -0.39 is 8.32 Å². The van der Waals surface area contributed by atoms with Gasteiger partial charge in [0, 0.05) is 7.11 Å². The monoisotopic (exact) mass is 176 g/mol. The summed E-state index contributed by atoms with van der Waals surface area (Å²) in [5.74, 6) is 0. The molecule has 66 valence electrons. The van der Waals surface area contributed by atoms with Crippen LogP contribution in [0.15, 0.2) is 0 Å². The highest BCUT2D eigenvalue weighted by atomic mass is 28.4. The molecule has 0 spiro atoms. The van der Waals surface area contributed by atoms with E-state index in [2.05, 4.69) is 13.1 Å². The number of ether oxygens (including phenoxy) is 2. The summed E-state index contributed by atoms with van der Waals surface area (Å²) in [6, 6.07) is 0. The van der Waals surface area contributed by atoms with Gasteiger partial charge >= 0.3 is 0 Å². The Morgan fingerprint density at radius 3 is 2.64 bits per heavy atom. The molecular weight excluding hydrogens is 160 g/mol. The molecule has 0 amide bonds. The van der Waals surface area contributed by atoms with Crippen molar-refractivity contribution in [3.05, 3.63) is 0 Å². The molecule has 1 rings (SSSR count). The Hall–Kier alpha value is 0.0969. The Morgan fingerprint density at radius 2 is 2.18 bits per heavy atom. The van der Waals surface area contributed by atoms with Crippen LogP contribution in [0.1, 0.15) is 0 Å². The van der Waals surface area contributed by atoms with Crippen LogP contribution in [-0.4, -0.2) is 41.0 Å². The Kier molecular flexibility index (Phi) is 3.06. The average Bonchev–Trinajstić information content (AvgIpc) is 2.71. The summed E-state index contributed by atoms with van der Waals surface area (Å²) in [4.78, 5) is 0. The summed E-state index contributed by atoms with van der Waals surface area (Å²) in [7, 11) is 0.259.